The quantitative estimate of drug-likeness (QED) is 0.834. The molecule has 1 nitrogen and oxygen atoms in total. The van der Waals surface area contributed by atoms with Crippen LogP contribution in [0.4, 0.5) is 0 Å². The van der Waals surface area contributed by atoms with E-state index < -0.39 is 0 Å². The minimum Gasteiger partial charge on any atom is -0.310 e. The maximum Gasteiger partial charge on any atom is 0.0292 e. The Morgan fingerprint density at radius 2 is 1.78 bits per heavy atom. The third-order valence-corrected chi connectivity index (χ3v) is 3.25. The zero-order chi connectivity index (χ0) is 12.8. The van der Waals surface area contributed by atoms with Crippen LogP contribution in [0, 0.1) is 6.92 Å². The molecule has 0 fully saturated rings. The first-order valence-electron chi connectivity index (χ1n) is 6.59. The van der Waals surface area contributed by atoms with Gasteiger partial charge in [0.1, 0.15) is 0 Å². The van der Waals surface area contributed by atoms with Crippen LogP contribution in [-0.2, 0) is 6.42 Å². The van der Waals surface area contributed by atoms with Crippen molar-refractivity contribution in [2.24, 2.45) is 0 Å². The Labute approximate surface area is 110 Å². The second kappa shape index (κ2) is 6.36. The number of hydrogen-bond donors (Lipinski definition) is 1. The maximum atomic E-state index is 3.57. The van der Waals surface area contributed by atoms with Crippen molar-refractivity contribution in [2.45, 2.75) is 26.3 Å². The number of aryl methyl sites for hydroxylation is 1. The van der Waals surface area contributed by atoms with Crippen molar-refractivity contribution < 1.29 is 0 Å². The molecule has 2 rings (SSSR count). The fourth-order valence-corrected chi connectivity index (χ4v) is 2.13. The van der Waals surface area contributed by atoms with Gasteiger partial charge in [-0.25, -0.2) is 0 Å². The molecule has 2 aromatic rings. The number of rotatable bonds is 5. The van der Waals surface area contributed by atoms with Gasteiger partial charge in [0.05, 0.1) is 0 Å². The molecule has 18 heavy (non-hydrogen) atoms. The average molecular weight is 239 g/mol. The van der Waals surface area contributed by atoms with E-state index >= 15 is 0 Å². The summed E-state index contributed by atoms with van der Waals surface area (Å²) in [6.07, 6.45) is 1.08. The lowest BCUT2D eigenvalue weighted by Crippen LogP contribution is -2.21. The lowest BCUT2D eigenvalue weighted by Gasteiger charge is -2.14. The molecule has 0 aliphatic heterocycles. The van der Waals surface area contributed by atoms with Crippen LogP contribution in [0.25, 0.3) is 0 Å². The summed E-state index contributed by atoms with van der Waals surface area (Å²) in [5, 5.41) is 3.57. The summed E-state index contributed by atoms with van der Waals surface area (Å²) in [5.41, 5.74) is 4.08. The van der Waals surface area contributed by atoms with Gasteiger partial charge < -0.3 is 5.32 Å². The molecule has 0 aliphatic carbocycles. The third-order valence-electron chi connectivity index (χ3n) is 3.25. The largest absolute Gasteiger partial charge is 0.310 e. The van der Waals surface area contributed by atoms with E-state index in [9.17, 15) is 0 Å². The van der Waals surface area contributed by atoms with Crippen LogP contribution in [0.15, 0.2) is 54.6 Å². The van der Waals surface area contributed by atoms with Gasteiger partial charge in [0.15, 0.2) is 0 Å². The second-order valence-electron chi connectivity index (χ2n) is 4.83. The molecule has 0 radical (unpaired) electrons. The van der Waals surface area contributed by atoms with Gasteiger partial charge in [0.25, 0.3) is 0 Å². The predicted molar refractivity (Wildman–Crippen MR) is 77.7 cm³/mol. The van der Waals surface area contributed by atoms with Crippen LogP contribution in [0.5, 0.6) is 0 Å². The SMILES string of the molecule is Cc1cccc([C@@H](C)NCCc2ccccc2)c1. The molecule has 1 N–H and O–H groups in total. The Kier molecular flexibility index (Phi) is 4.54. The molecule has 0 saturated carbocycles. The molecule has 0 spiro atoms. The Bertz CT molecular complexity index is 476. The molecule has 1 atom stereocenters. The summed E-state index contributed by atoms with van der Waals surface area (Å²) in [7, 11) is 0. The Morgan fingerprint density at radius 1 is 1.00 bits per heavy atom. The van der Waals surface area contributed by atoms with Gasteiger partial charge in [-0.05, 0) is 37.9 Å². The van der Waals surface area contributed by atoms with Gasteiger partial charge in [-0.3, -0.25) is 0 Å². The van der Waals surface area contributed by atoms with E-state index in [1.807, 2.05) is 0 Å². The van der Waals surface area contributed by atoms with Crippen LogP contribution in [0.2, 0.25) is 0 Å². The first kappa shape index (κ1) is 12.8. The third kappa shape index (κ3) is 3.71. The second-order valence-corrected chi connectivity index (χ2v) is 4.83. The first-order valence-corrected chi connectivity index (χ1v) is 6.59. The summed E-state index contributed by atoms with van der Waals surface area (Å²) in [6, 6.07) is 19.7. The zero-order valence-corrected chi connectivity index (χ0v) is 11.2. The predicted octanol–water partition coefficient (Wildman–Crippen LogP) is 3.89. The molecular weight excluding hydrogens is 218 g/mol. The molecule has 1 heteroatoms. The van der Waals surface area contributed by atoms with E-state index in [0.29, 0.717) is 6.04 Å². The lowest BCUT2D eigenvalue weighted by molar-refractivity contribution is 0.576. The highest BCUT2D eigenvalue weighted by atomic mass is 14.9. The van der Waals surface area contributed by atoms with E-state index in [0.717, 1.165) is 13.0 Å². The van der Waals surface area contributed by atoms with Crippen LogP contribution < -0.4 is 5.32 Å². The van der Waals surface area contributed by atoms with E-state index in [2.05, 4.69) is 73.8 Å². The van der Waals surface area contributed by atoms with Crippen LogP contribution >= 0.6 is 0 Å². The molecule has 0 aromatic heterocycles. The number of benzene rings is 2. The number of hydrogen-bond acceptors (Lipinski definition) is 1. The fraction of sp³-hybridized carbons (Fsp3) is 0.294. The van der Waals surface area contributed by atoms with Crippen molar-refractivity contribution in [1.82, 2.24) is 5.32 Å². The minimum atomic E-state index is 0.411. The monoisotopic (exact) mass is 239 g/mol. The van der Waals surface area contributed by atoms with Gasteiger partial charge in [0, 0.05) is 6.04 Å². The molecule has 94 valence electrons. The van der Waals surface area contributed by atoms with Crippen molar-refractivity contribution in [3.05, 3.63) is 71.3 Å². The van der Waals surface area contributed by atoms with Gasteiger partial charge in [0.2, 0.25) is 0 Å². The molecule has 2 aromatic carbocycles. The van der Waals surface area contributed by atoms with Gasteiger partial charge in [-0.15, -0.1) is 0 Å². The van der Waals surface area contributed by atoms with Crippen molar-refractivity contribution in [1.29, 1.82) is 0 Å². The van der Waals surface area contributed by atoms with Crippen molar-refractivity contribution in [3.8, 4) is 0 Å². The van der Waals surface area contributed by atoms with Crippen LogP contribution in [0.1, 0.15) is 29.7 Å². The summed E-state index contributed by atoms with van der Waals surface area (Å²) in [5.74, 6) is 0. The molecular formula is C17H21N. The highest BCUT2D eigenvalue weighted by molar-refractivity contribution is 5.24. The van der Waals surface area contributed by atoms with Crippen molar-refractivity contribution >= 4 is 0 Å². The Hall–Kier alpha value is -1.60. The van der Waals surface area contributed by atoms with Crippen LogP contribution in [0.3, 0.4) is 0 Å². The summed E-state index contributed by atoms with van der Waals surface area (Å²) < 4.78 is 0. The van der Waals surface area contributed by atoms with E-state index in [1.54, 1.807) is 0 Å². The standard InChI is InChI=1S/C17H21N/c1-14-7-6-10-17(13-14)15(2)18-12-11-16-8-4-3-5-9-16/h3-10,13,15,18H,11-12H2,1-2H3/t15-/m1/s1. The van der Waals surface area contributed by atoms with Gasteiger partial charge in [-0.1, -0.05) is 60.2 Å². The molecule has 0 unspecified atom stereocenters. The Morgan fingerprint density at radius 3 is 2.50 bits per heavy atom. The highest BCUT2D eigenvalue weighted by Crippen LogP contribution is 2.13. The first-order chi connectivity index (χ1) is 8.75. The van der Waals surface area contributed by atoms with Crippen LogP contribution in [-0.4, -0.2) is 6.54 Å². The summed E-state index contributed by atoms with van der Waals surface area (Å²) in [4.78, 5) is 0. The molecule has 0 amide bonds. The number of nitrogens with one attached hydrogen (secondary N) is 1. The topological polar surface area (TPSA) is 12.0 Å². The molecule has 0 heterocycles. The maximum absolute atomic E-state index is 3.57. The average Bonchev–Trinajstić information content (AvgIpc) is 2.40. The molecule has 0 saturated heterocycles. The molecule has 0 bridgehead atoms. The zero-order valence-electron chi connectivity index (χ0n) is 11.2. The van der Waals surface area contributed by atoms with Crippen molar-refractivity contribution in [2.75, 3.05) is 6.54 Å². The minimum absolute atomic E-state index is 0.411. The van der Waals surface area contributed by atoms with Crippen molar-refractivity contribution in [3.63, 3.8) is 0 Å². The van der Waals surface area contributed by atoms with E-state index in [4.69, 9.17) is 0 Å². The summed E-state index contributed by atoms with van der Waals surface area (Å²) in [6.45, 7) is 5.37. The smallest absolute Gasteiger partial charge is 0.0292 e. The van der Waals surface area contributed by atoms with E-state index in [1.165, 1.54) is 16.7 Å². The fourth-order valence-electron chi connectivity index (χ4n) is 2.13. The Balaban J connectivity index is 1.83. The van der Waals surface area contributed by atoms with Gasteiger partial charge in [-0.2, -0.15) is 0 Å². The summed E-state index contributed by atoms with van der Waals surface area (Å²) >= 11 is 0. The lowest BCUT2D eigenvalue weighted by atomic mass is 10.1. The highest BCUT2D eigenvalue weighted by Gasteiger charge is 2.04. The molecule has 0 aliphatic rings. The normalized spacial score (nSPS) is 12.3. The van der Waals surface area contributed by atoms with Gasteiger partial charge >= 0.3 is 0 Å². The van der Waals surface area contributed by atoms with E-state index in [-0.39, 0.29) is 0 Å².